The maximum absolute atomic E-state index is 5.45. The number of aromatic nitrogens is 2. The van der Waals surface area contributed by atoms with E-state index in [1.807, 2.05) is 19.3 Å². The number of piperidine rings is 1. The molecule has 1 aromatic heterocycles. The van der Waals surface area contributed by atoms with Gasteiger partial charge in [0, 0.05) is 37.6 Å². The minimum absolute atomic E-state index is 0.600. The molecule has 4 nitrogen and oxygen atoms in total. The molecule has 3 rings (SSSR count). The van der Waals surface area contributed by atoms with E-state index in [0.717, 1.165) is 24.9 Å². The number of likely N-dealkylation sites (tertiary alicyclic amines) is 1. The Bertz CT molecular complexity index is 410. The molecule has 0 bridgehead atoms. The maximum atomic E-state index is 5.45. The van der Waals surface area contributed by atoms with Crippen LogP contribution in [0.1, 0.15) is 43.0 Å². The first-order valence-corrected chi connectivity index (χ1v) is 7.43. The molecule has 2 fully saturated rings. The minimum Gasteiger partial charge on any atom is -0.381 e. The highest BCUT2D eigenvalue weighted by atomic mass is 16.5. The van der Waals surface area contributed by atoms with Gasteiger partial charge in [-0.3, -0.25) is 9.97 Å². The fourth-order valence-corrected chi connectivity index (χ4v) is 3.29. The molecule has 1 aromatic rings. The van der Waals surface area contributed by atoms with Crippen LogP contribution in [0.2, 0.25) is 0 Å². The van der Waals surface area contributed by atoms with Crippen molar-refractivity contribution in [2.24, 2.45) is 0 Å². The smallest absolute Gasteiger partial charge is 0.0621 e. The predicted octanol–water partition coefficient (Wildman–Crippen LogP) is 2.14. The molecule has 0 N–H and O–H groups in total. The minimum atomic E-state index is 0.600. The summed E-state index contributed by atoms with van der Waals surface area (Å²) in [4.78, 5) is 11.6. The van der Waals surface area contributed by atoms with Gasteiger partial charge in [0.05, 0.1) is 11.4 Å². The van der Waals surface area contributed by atoms with Crippen LogP contribution in [0.15, 0.2) is 12.4 Å². The average molecular weight is 261 g/mol. The van der Waals surface area contributed by atoms with Crippen LogP contribution in [-0.2, 0) is 4.74 Å². The largest absolute Gasteiger partial charge is 0.381 e. The maximum Gasteiger partial charge on any atom is 0.0621 e. The Morgan fingerprint density at radius 1 is 1.11 bits per heavy atom. The van der Waals surface area contributed by atoms with Crippen LogP contribution in [0.3, 0.4) is 0 Å². The fraction of sp³-hybridized carbons (Fsp3) is 0.733. The highest BCUT2D eigenvalue weighted by molar-refractivity contribution is 5.08. The number of hydrogen-bond acceptors (Lipinski definition) is 4. The Morgan fingerprint density at radius 2 is 1.84 bits per heavy atom. The van der Waals surface area contributed by atoms with Crippen molar-refractivity contribution in [3.63, 3.8) is 0 Å². The summed E-state index contributed by atoms with van der Waals surface area (Å²) in [5.41, 5.74) is 2.22. The van der Waals surface area contributed by atoms with Crippen molar-refractivity contribution in [2.75, 3.05) is 26.3 Å². The van der Waals surface area contributed by atoms with Crippen LogP contribution in [0, 0.1) is 6.92 Å². The molecule has 4 heteroatoms. The van der Waals surface area contributed by atoms with Gasteiger partial charge in [-0.15, -0.1) is 0 Å². The molecule has 0 aromatic carbocycles. The van der Waals surface area contributed by atoms with Crippen molar-refractivity contribution in [3.8, 4) is 0 Å². The van der Waals surface area contributed by atoms with E-state index in [4.69, 9.17) is 4.74 Å². The number of aryl methyl sites for hydroxylation is 1. The molecule has 104 valence electrons. The lowest BCUT2D eigenvalue weighted by Gasteiger charge is -2.39. The highest BCUT2D eigenvalue weighted by Gasteiger charge is 2.27. The third-order valence-corrected chi connectivity index (χ3v) is 4.43. The van der Waals surface area contributed by atoms with E-state index in [1.165, 1.54) is 44.5 Å². The van der Waals surface area contributed by atoms with Gasteiger partial charge in [-0.25, -0.2) is 0 Å². The van der Waals surface area contributed by atoms with Crippen LogP contribution < -0.4 is 0 Å². The Morgan fingerprint density at radius 3 is 2.53 bits per heavy atom. The van der Waals surface area contributed by atoms with Gasteiger partial charge in [0.25, 0.3) is 0 Å². The molecule has 0 aliphatic carbocycles. The predicted molar refractivity (Wildman–Crippen MR) is 74.2 cm³/mol. The van der Waals surface area contributed by atoms with E-state index in [-0.39, 0.29) is 0 Å². The molecule has 0 unspecified atom stereocenters. The van der Waals surface area contributed by atoms with Crippen LogP contribution >= 0.6 is 0 Å². The molecule has 0 saturated carbocycles. The normalized spacial score (nSPS) is 23.6. The highest BCUT2D eigenvalue weighted by Crippen LogP contribution is 2.29. The molecule has 2 aliphatic heterocycles. The van der Waals surface area contributed by atoms with E-state index in [9.17, 15) is 0 Å². The van der Waals surface area contributed by atoms with Crippen LogP contribution in [0.4, 0.5) is 0 Å². The first kappa shape index (κ1) is 13.0. The average Bonchev–Trinajstić information content (AvgIpc) is 2.48. The molecule has 3 heterocycles. The summed E-state index contributed by atoms with van der Waals surface area (Å²) in [5, 5.41) is 0. The third kappa shape index (κ3) is 3.12. The standard InChI is InChI=1S/C15H23N3O/c1-12-10-16-11-15(17-12)13-2-6-18(7-3-13)14-4-8-19-9-5-14/h10-11,13-14H,2-9H2,1H3. The summed E-state index contributed by atoms with van der Waals surface area (Å²) < 4.78 is 5.45. The van der Waals surface area contributed by atoms with Gasteiger partial charge in [0.2, 0.25) is 0 Å². The molecular weight excluding hydrogens is 238 g/mol. The second kappa shape index (κ2) is 5.97. The molecule has 0 atom stereocenters. The number of hydrogen-bond donors (Lipinski definition) is 0. The molecule has 2 aliphatic rings. The summed E-state index contributed by atoms with van der Waals surface area (Å²) >= 11 is 0. The second-order valence-corrected chi connectivity index (χ2v) is 5.74. The number of rotatable bonds is 2. The molecule has 0 amide bonds. The Kier molecular flexibility index (Phi) is 4.09. The SMILES string of the molecule is Cc1cncc(C2CCN(C3CCOCC3)CC2)n1. The van der Waals surface area contributed by atoms with E-state index < -0.39 is 0 Å². The molecule has 2 saturated heterocycles. The zero-order valence-electron chi connectivity index (χ0n) is 11.7. The quantitative estimate of drug-likeness (QED) is 0.817. The van der Waals surface area contributed by atoms with Gasteiger partial charge >= 0.3 is 0 Å². The van der Waals surface area contributed by atoms with E-state index >= 15 is 0 Å². The van der Waals surface area contributed by atoms with Crippen molar-refractivity contribution in [1.29, 1.82) is 0 Å². The van der Waals surface area contributed by atoms with Crippen molar-refractivity contribution < 1.29 is 4.74 Å². The zero-order chi connectivity index (χ0) is 13.1. The lowest BCUT2D eigenvalue weighted by molar-refractivity contribution is 0.0250. The van der Waals surface area contributed by atoms with Crippen molar-refractivity contribution in [3.05, 3.63) is 23.8 Å². The van der Waals surface area contributed by atoms with Crippen molar-refractivity contribution in [1.82, 2.24) is 14.9 Å². The zero-order valence-corrected chi connectivity index (χ0v) is 11.7. The summed E-state index contributed by atoms with van der Waals surface area (Å²) in [7, 11) is 0. The molecule has 0 spiro atoms. The van der Waals surface area contributed by atoms with E-state index in [1.54, 1.807) is 0 Å². The van der Waals surface area contributed by atoms with Gasteiger partial charge < -0.3 is 9.64 Å². The second-order valence-electron chi connectivity index (χ2n) is 5.74. The first-order valence-electron chi connectivity index (χ1n) is 7.43. The lowest BCUT2D eigenvalue weighted by Crippen LogP contribution is -2.43. The first-order chi connectivity index (χ1) is 9.33. The number of ether oxygens (including phenoxy) is 1. The van der Waals surface area contributed by atoms with Gasteiger partial charge in [-0.1, -0.05) is 0 Å². The molecule has 19 heavy (non-hydrogen) atoms. The summed E-state index contributed by atoms with van der Waals surface area (Å²) in [5.74, 6) is 0.600. The Balaban J connectivity index is 1.57. The Hall–Kier alpha value is -1.00. The third-order valence-electron chi connectivity index (χ3n) is 4.43. The topological polar surface area (TPSA) is 38.2 Å². The lowest BCUT2D eigenvalue weighted by atomic mass is 9.92. The summed E-state index contributed by atoms with van der Waals surface area (Å²) in [6.07, 6.45) is 8.62. The van der Waals surface area contributed by atoms with E-state index in [2.05, 4.69) is 14.9 Å². The van der Waals surface area contributed by atoms with Gasteiger partial charge in [0.15, 0.2) is 0 Å². The number of nitrogens with zero attached hydrogens (tertiary/aromatic N) is 3. The van der Waals surface area contributed by atoms with Crippen LogP contribution in [0.25, 0.3) is 0 Å². The van der Waals surface area contributed by atoms with Gasteiger partial charge in [-0.05, 0) is 45.7 Å². The van der Waals surface area contributed by atoms with Crippen LogP contribution in [0.5, 0.6) is 0 Å². The Labute approximate surface area is 115 Å². The monoisotopic (exact) mass is 261 g/mol. The molecule has 0 radical (unpaired) electrons. The summed E-state index contributed by atoms with van der Waals surface area (Å²) in [6.45, 7) is 6.30. The molecular formula is C15H23N3O. The van der Waals surface area contributed by atoms with Gasteiger partial charge in [0.1, 0.15) is 0 Å². The summed E-state index contributed by atoms with van der Waals surface area (Å²) in [6, 6.07) is 0.748. The van der Waals surface area contributed by atoms with Crippen molar-refractivity contribution >= 4 is 0 Å². The van der Waals surface area contributed by atoms with E-state index in [0.29, 0.717) is 5.92 Å². The van der Waals surface area contributed by atoms with Crippen LogP contribution in [-0.4, -0.2) is 47.2 Å². The van der Waals surface area contributed by atoms with Gasteiger partial charge in [-0.2, -0.15) is 0 Å². The fourth-order valence-electron chi connectivity index (χ4n) is 3.29. The van der Waals surface area contributed by atoms with Crippen molar-refractivity contribution in [2.45, 2.75) is 44.6 Å².